The van der Waals surface area contributed by atoms with E-state index in [1.165, 1.54) is 54.6 Å². The van der Waals surface area contributed by atoms with Crippen molar-refractivity contribution >= 4 is 74.6 Å². The van der Waals surface area contributed by atoms with Crippen molar-refractivity contribution < 1.29 is 9.90 Å². The summed E-state index contributed by atoms with van der Waals surface area (Å²) in [7, 11) is 0. The summed E-state index contributed by atoms with van der Waals surface area (Å²) in [6.45, 7) is 13.4. The number of hydrogen-bond acceptors (Lipinski definition) is 8. The van der Waals surface area contributed by atoms with Gasteiger partial charge in [-0.3, -0.25) is 19.7 Å². The summed E-state index contributed by atoms with van der Waals surface area (Å²) in [6.07, 6.45) is 15.8. The number of carbonyl (C=O) groups excluding carboxylic acids is 1. The fourth-order valence-corrected chi connectivity index (χ4v) is 15.4. The lowest BCUT2D eigenvalue weighted by Crippen LogP contribution is -2.46. The van der Waals surface area contributed by atoms with Gasteiger partial charge in [0.2, 0.25) is 0 Å². The molecule has 0 radical (unpaired) electrons. The molecule has 11 heteroatoms. The van der Waals surface area contributed by atoms with E-state index in [-0.39, 0.29) is 27.9 Å². The van der Waals surface area contributed by atoms with Crippen LogP contribution < -0.4 is 0 Å². The smallest absolute Gasteiger partial charge is 0.173 e. The Labute approximate surface area is 462 Å². The number of aryl methyl sites for hydroxylation is 2. The fraction of sp³-hybridized carbons (Fsp3) is 0.270. The monoisotopic (exact) mass is 1090 g/mol. The predicted molar refractivity (Wildman–Crippen MR) is 311 cm³/mol. The minimum atomic E-state index is -1.02. The summed E-state index contributed by atoms with van der Waals surface area (Å²) in [5.41, 5.74) is 9.49. The molecule has 0 saturated carbocycles. The minimum absolute atomic E-state index is 0.130. The van der Waals surface area contributed by atoms with Crippen LogP contribution in [0.5, 0.6) is 0 Å². The summed E-state index contributed by atoms with van der Waals surface area (Å²) in [5.74, 6) is 0.852. The van der Waals surface area contributed by atoms with Gasteiger partial charge in [-0.1, -0.05) is 113 Å². The first kappa shape index (κ1) is 52.2. The molecular formula is C63H58Cl3N3O2S3. The molecule has 3 aliphatic rings. The molecule has 12 rings (SSSR count). The number of halogens is 3. The van der Waals surface area contributed by atoms with Crippen molar-refractivity contribution in [1.82, 2.24) is 15.0 Å². The second-order valence-corrected chi connectivity index (χ2v) is 26.3. The number of pyridine rings is 3. The molecule has 0 fully saturated rings. The van der Waals surface area contributed by atoms with E-state index in [9.17, 15) is 9.90 Å². The number of aromatic nitrogens is 3. The number of carbonyl (C=O) groups is 1. The SMILES string of the molecule is CC1(C)CC(=O)c2sc(-c3ccncc3)cc2C1c1ccc(Cl)cc1.CC1(C)CCc2sc(-c3ccncc3)cc2C1(O)c1ccc(Cl)cc1.CC1(C)CCc2sc(-c3ccncc3)cc2C1c1ccc(Cl)cc1. The third-order valence-corrected chi connectivity index (χ3v) is 19.9. The molecule has 3 aliphatic carbocycles. The Balaban J connectivity index is 0.000000127. The maximum absolute atomic E-state index is 12.8. The van der Waals surface area contributed by atoms with Gasteiger partial charge < -0.3 is 5.11 Å². The molecule has 5 nitrogen and oxygen atoms in total. The van der Waals surface area contributed by atoms with E-state index in [0.717, 1.165) is 60.5 Å². The van der Waals surface area contributed by atoms with Crippen LogP contribution >= 0.6 is 68.8 Å². The zero-order chi connectivity index (χ0) is 52.0. The Kier molecular flexibility index (Phi) is 14.8. The number of ketones is 1. The fourth-order valence-electron chi connectivity index (χ4n) is 11.4. The van der Waals surface area contributed by atoms with Gasteiger partial charge in [0.05, 0.1) is 4.88 Å². The molecule has 376 valence electrons. The lowest BCUT2D eigenvalue weighted by Gasteiger charge is -2.47. The first-order valence-electron chi connectivity index (χ1n) is 25.1. The first-order valence-corrected chi connectivity index (χ1v) is 28.6. The summed E-state index contributed by atoms with van der Waals surface area (Å²) in [5, 5.41) is 14.1. The van der Waals surface area contributed by atoms with E-state index in [0.29, 0.717) is 17.4 Å². The molecule has 0 bridgehead atoms. The van der Waals surface area contributed by atoms with Gasteiger partial charge in [-0.15, -0.1) is 34.0 Å². The van der Waals surface area contributed by atoms with Crippen molar-refractivity contribution in [2.75, 3.05) is 0 Å². The van der Waals surface area contributed by atoms with E-state index >= 15 is 0 Å². The van der Waals surface area contributed by atoms with Crippen molar-refractivity contribution in [3.8, 4) is 31.3 Å². The van der Waals surface area contributed by atoms with E-state index in [2.05, 4.69) is 111 Å². The van der Waals surface area contributed by atoms with Gasteiger partial charge in [0.15, 0.2) is 5.78 Å². The number of fused-ring (bicyclic) bond motifs is 3. The maximum Gasteiger partial charge on any atom is 0.173 e. The molecule has 0 saturated heterocycles. The van der Waals surface area contributed by atoms with Crippen LogP contribution in [0, 0.1) is 16.2 Å². The average molecular weight is 1090 g/mol. The van der Waals surface area contributed by atoms with Crippen molar-refractivity contribution in [2.24, 2.45) is 16.2 Å². The van der Waals surface area contributed by atoms with Gasteiger partial charge in [0, 0.05) is 106 Å². The molecule has 74 heavy (non-hydrogen) atoms. The highest BCUT2D eigenvalue weighted by Crippen LogP contribution is 2.56. The third-order valence-electron chi connectivity index (χ3n) is 15.4. The second-order valence-electron chi connectivity index (χ2n) is 21.7. The zero-order valence-corrected chi connectivity index (χ0v) is 47.1. The van der Waals surface area contributed by atoms with Crippen LogP contribution in [0.3, 0.4) is 0 Å². The molecule has 0 spiro atoms. The quantitative estimate of drug-likeness (QED) is 0.180. The standard InChI is InChI=1S/C21H20ClNOS.C21H18ClNOS.C21H20ClNS/c1-20(2)10-7-18-17(13-19(25-18)14-8-11-23-12-9-14)21(20,24)15-3-5-16(22)6-4-15;1-21(2)12-17(24)20-16(19(21)14-3-5-15(22)6-4-14)11-18(25-20)13-7-9-23-10-8-13;1-21(2)10-7-18-17(20(21)15-3-5-16(22)6-4-15)13-19(24-18)14-8-11-23-12-9-14/h3-6,8-9,11-13,24H,7,10H2,1-2H3;3-11,19H,12H2,1-2H3;3-6,8-9,11-13,20H,7,10H2,1-2H3. The summed E-state index contributed by atoms with van der Waals surface area (Å²) in [4.78, 5) is 32.4. The highest BCUT2D eigenvalue weighted by Gasteiger charge is 2.51. The molecule has 6 heterocycles. The van der Waals surface area contributed by atoms with Crippen LogP contribution in [0.15, 0.2) is 165 Å². The molecule has 3 atom stereocenters. The Morgan fingerprint density at radius 1 is 0.500 bits per heavy atom. The second kappa shape index (κ2) is 21.0. The Morgan fingerprint density at radius 2 is 0.919 bits per heavy atom. The number of nitrogens with zero attached hydrogens (tertiary/aromatic N) is 3. The van der Waals surface area contributed by atoms with Crippen LogP contribution in [0.2, 0.25) is 15.1 Å². The highest BCUT2D eigenvalue weighted by atomic mass is 35.5. The van der Waals surface area contributed by atoms with E-state index in [1.54, 1.807) is 35.1 Å². The van der Waals surface area contributed by atoms with Gasteiger partial charge in [-0.2, -0.15) is 0 Å². The van der Waals surface area contributed by atoms with E-state index < -0.39 is 5.60 Å². The number of rotatable bonds is 6. The van der Waals surface area contributed by atoms with Crippen LogP contribution in [0.25, 0.3) is 31.3 Å². The van der Waals surface area contributed by atoms with Gasteiger partial charge in [0.1, 0.15) is 5.60 Å². The molecule has 0 amide bonds. The largest absolute Gasteiger partial charge is 0.380 e. The van der Waals surface area contributed by atoms with Crippen LogP contribution in [-0.2, 0) is 18.4 Å². The van der Waals surface area contributed by atoms with Crippen LogP contribution in [0.4, 0.5) is 0 Å². The molecule has 6 aromatic heterocycles. The maximum atomic E-state index is 12.8. The molecular weight excluding hydrogens is 1030 g/mol. The molecule has 0 aliphatic heterocycles. The number of thiophene rings is 3. The molecule has 1 N–H and O–H groups in total. The van der Waals surface area contributed by atoms with Crippen molar-refractivity contribution in [1.29, 1.82) is 0 Å². The van der Waals surface area contributed by atoms with Crippen LogP contribution in [0.1, 0.15) is 125 Å². The highest BCUT2D eigenvalue weighted by molar-refractivity contribution is 7.17. The lowest BCUT2D eigenvalue weighted by molar-refractivity contribution is -0.0486. The number of benzene rings is 3. The predicted octanol–water partition coefficient (Wildman–Crippen LogP) is 18.4. The number of aliphatic hydroxyl groups is 1. The Morgan fingerprint density at radius 3 is 1.43 bits per heavy atom. The van der Waals surface area contributed by atoms with Gasteiger partial charge in [-0.05, 0) is 172 Å². The van der Waals surface area contributed by atoms with Gasteiger partial charge in [0.25, 0.3) is 0 Å². The topological polar surface area (TPSA) is 76.0 Å². The summed E-state index contributed by atoms with van der Waals surface area (Å²) in [6, 6.07) is 43.0. The molecule has 3 unspecified atom stereocenters. The third kappa shape index (κ3) is 10.4. The zero-order valence-electron chi connectivity index (χ0n) is 42.3. The van der Waals surface area contributed by atoms with Crippen molar-refractivity contribution in [3.63, 3.8) is 0 Å². The minimum Gasteiger partial charge on any atom is -0.380 e. The number of hydrogen-bond donors (Lipinski definition) is 1. The number of Topliss-reactive ketones (excluding diaryl/α,β-unsaturated/α-hetero) is 1. The lowest BCUT2D eigenvalue weighted by atomic mass is 9.62. The first-order chi connectivity index (χ1) is 35.4. The van der Waals surface area contributed by atoms with Crippen LogP contribution in [-0.4, -0.2) is 25.8 Å². The normalized spacial score (nSPS) is 19.9. The van der Waals surface area contributed by atoms with Gasteiger partial charge in [-0.25, -0.2) is 0 Å². The summed E-state index contributed by atoms with van der Waals surface area (Å²) >= 11 is 23.5. The van der Waals surface area contributed by atoms with Crippen molar-refractivity contribution in [3.05, 3.63) is 228 Å². The van der Waals surface area contributed by atoms with E-state index in [4.69, 9.17) is 34.8 Å². The van der Waals surface area contributed by atoms with Gasteiger partial charge >= 0.3 is 0 Å². The Bertz CT molecular complexity index is 3410. The molecule has 9 aromatic rings. The summed E-state index contributed by atoms with van der Waals surface area (Å²) < 4.78 is 0. The molecule has 3 aromatic carbocycles. The van der Waals surface area contributed by atoms with E-state index in [1.807, 2.05) is 109 Å². The average Bonchev–Trinajstić information content (AvgIpc) is 4.17. The van der Waals surface area contributed by atoms with Crippen molar-refractivity contribution in [2.45, 2.75) is 91.1 Å². The Hall–Kier alpha value is -5.29.